The predicted octanol–water partition coefficient (Wildman–Crippen LogP) is 3.21. The molecule has 1 aromatic rings. The van der Waals surface area contributed by atoms with Gasteiger partial charge in [0.2, 0.25) is 0 Å². The monoisotopic (exact) mass is 341 g/mol. The smallest absolute Gasteiger partial charge is 0.122 e. The molecule has 2 unspecified atom stereocenters. The van der Waals surface area contributed by atoms with E-state index >= 15 is 0 Å². The summed E-state index contributed by atoms with van der Waals surface area (Å²) < 4.78 is 17.8. The van der Waals surface area contributed by atoms with Crippen LogP contribution in [0.25, 0.3) is 0 Å². The highest BCUT2D eigenvalue weighted by atomic mass is 79.9. The molecule has 1 spiro atoms. The van der Waals surface area contributed by atoms with Crippen molar-refractivity contribution in [2.45, 2.75) is 30.9 Å². The Balaban J connectivity index is 1.69. The summed E-state index contributed by atoms with van der Waals surface area (Å²) in [4.78, 5) is 0. The second-order valence-electron chi connectivity index (χ2n) is 5.55. The molecule has 2 fully saturated rings. The number of hydrogen-bond donors (Lipinski definition) is 1. The molecule has 5 heteroatoms. The van der Waals surface area contributed by atoms with Crippen molar-refractivity contribution in [2.75, 3.05) is 32.2 Å². The fourth-order valence-electron chi connectivity index (χ4n) is 3.01. The zero-order valence-electron chi connectivity index (χ0n) is 11.7. The minimum absolute atomic E-state index is 0.0635. The van der Waals surface area contributed by atoms with Crippen LogP contribution in [0.15, 0.2) is 22.7 Å². The first-order chi connectivity index (χ1) is 9.69. The van der Waals surface area contributed by atoms with Crippen molar-refractivity contribution < 1.29 is 14.2 Å². The lowest BCUT2D eigenvalue weighted by Gasteiger charge is -2.37. The van der Waals surface area contributed by atoms with Gasteiger partial charge in [-0.25, -0.2) is 0 Å². The number of halogens is 1. The summed E-state index contributed by atoms with van der Waals surface area (Å²) in [5.74, 6) is 0.854. The third-order valence-electron chi connectivity index (χ3n) is 4.04. The van der Waals surface area contributed by atoms with Crippen LogP contribution in [0.3, 0.4) is 0 Å². The fraction of sp³-hybridized carbons (Fsp3) is 0.600. The number of rotatable bonds is 3. The predicted molar refractivity (Wildman–Crippen MR) is 81.5 cm³/mol. The Morgan fingerprint density at radius 3 is 3.00 bits per heavy atom. The van der Waals surface area contributed by atoms with Gasteiger partial charge in [0.15, 0.2) is 0 Å². The maximum absolute atomic E-state index is 5.96. The largest absolute Gasteiger partial charge is 0.497 e. The first-order valence-electron chi connectivity index (χ1n) is 7.02. The van der Waals surface area contributed by atoms with Crippen LogP contribution in [0, 0.1) is 0 Å². The van der Waals surface area contributed by atoms with Gasteiger partial charge in [-0.05, 0) is 25.0 Å². The van der Waals surface area contributed by atoms with Crippen LogP contribution < -0.4 is 10.1 Å². The minimum atomic E-state index is -0.0635. The molecule has 110 valence electrons. The highest BCUT2D eigenvalue weighted by Gasteiger charge is 2.40. The van der Waals surface area contributed by atoms with Gasteiger partial charge < -0.3 is 19.5 Å². The Labute approximate surface area is 127 Å². The van der Waals surface area contributed by atoms with E-state index in [-0.39, 0.29) is 5.60 Å². The molecular weight excluding hydrogens is 322 g/mol. The van der Waals surface area contributed by atoms with Crippen LogP contribution in [-0.2, 0) is 9.47 Å². The van der Waals surface area contributed by atoms with E-state index in [1.54, 1.807) is 7.11 Å². The summed E-state index contributed by atoms with van der Waals surface area (Å²) >= 11 is 3.51. The molecule has 2 saturated heterocycles. The highest BCUT2D eigenvalue weighted by molar-refractivity contribution is 9.10. The number of benzene rings is 1. The molecule has 1 N–H and O–H groups in total. The number of ether oxygens (including phenoxy) is 3. The molecule has 20 heavy (non-hydrogen) atoms. The second-order valence-corrected chi connectivity index (χ2v) is 6.46. The van der Waals surface area contributed by atoms with Crippen LogP contribution >= 0.6 is 15.9 Å². The Hall–Kier alpha value is -0.780. The molecule has 3 rings (SSSR count). The van der Waals surface area contributed by atoms with Gasteiger partial charge in [-0.1, -0.05) is 15.9 Å². The zero-order chi connectivity index (χ0) is 14.0. The van der Waals surface area contributed by atoms with Crippen molar-refractivity contribution >= 4 is 21.6 Å². The van der Waals surface area contributed by atoms with E-state index in [4.69, 9.17) is 14.2 Å². The average molecular weight is 342 g/mol. The molecule has 2 atom stereocenters. The third kappa shape index (κ3) is 3.10. The number of hydrogen-bond acceptors (Lipinski definition) is 4. The highest BCUT2D eigenvalue weighted by Crippen LogP contribution is 2.34. The third-order valence-corrected chi connectivity index (χ3v) is 4.50. The molecule has 0 aliphatic carbocycles. The van der Waals surface area contributed by atoms with Gasteiger partial charge in [-0.2, -0.15) is 0 Å². The maximum Gasteiger partial charge on any atom is 0.122 e. The van der Waals surface area contributed by atoms with Crippen LogP contribution in [0.5, 0.6) is 5.75 Å². The molecule has 2 aliphatic rings. The molecule has 0 radical (unpaired) electrons. The Kier molecular flexibility index (Phi) is 4.19. The summed E-state index contributed by atoms with van der Waals surface area (Å²) in [5.41, 5.74) is 1.02. The first-order valence-corrected chi connectivity index (χ1v) is 7.81. The van der Waals surface area contributed by atoms with Crippen LogP contribution in [0.1, 0.15) is 19.3 Å². The summed E-state index contributed by atoms with van der Waals surface area (Å²) in [6.45, 7) is 2.34. The summed E-state index contributed by atoms with van der Waals surface area (Å²) in [7, 11) is 1.69. The second kappa shape index (κ2) is 5.92. The van der Waals surface area contributed by atoms with Crippen molar-refractivity contribution in [1.29, 1.82) is 0 Å². The molecule has 0 amide bonds. The van der Waals surface area contributed by atoms with Gasteiger partial charge in [-0.3, -0.25) is 0 Å². The molecule has 1 aromatic carbocycles. The van der Waals surface area contributed by atoms with E-state index in [2.05, 4.69) is 27.3 Å². The normalized spacial score (nSPS) is 29.6. The quantitative estimate of drug-likeness (QED) is 0.916. The fourth-order valence-corrected chi connectivity index (χ4v) is 3.49. The maximum atomic E-state index is 5.96. The Morgan fingerprint density at radius 1 is 1.35 bits per heavy atom. The van der Waals surface area contributed by atoms with Crippen molar-refractivity contribution in [2.24, 2.45) is 0 Å². The topological polar surface area (TPSA) is 39.7 Å². The van der Waals surface area contributed by atoms with E-state index in [1.165, 1.54) is 0 Å². The summed E-state index contributed by atoms with van der Waals surface area (Å²) in [5, 5.41) is 3.60. The Morgan fingerprint density at radius 2 is 2.25 bits per heavy atom. The first kappa shape index (κ1) is 14.2. The van der Waals surface area contributed by atoms with Gasteiger partial charge in [0.05, 0.1) is 19.3 Å². The van der Waals surface area contributed by atoms with Crippen molar-refractivity contribution in [3.05, 3.63) is 22.7 Å². The van der Waals surface area contributed by atoms with E-state index < -0.39 is 0 Å². The van der Waals surface area contributed by atoms with E-state index in [0.717, 1.165) is 55.0 Å². The minimum Gasteiger partial charge on any atom is -0.497 e. The standard InChI is InChI=1S/C15H20BrNO3/c1-18-14-7-11(16)6-13(8-14)17-12-2-4-20-15(9-12)3-5-19-10-15/h6-8,12,17H,2-5,9-10H2,1H3. The van der Waals surface area contributed by atoms with Gasteiger partial charge >= 0.3 is 0 Å². The summed E-state index contributed by atoms with van der Waals surface area (Å²) in [6.07, 6.45) is 3.03. The number of methoxy groups -OCH3 is 1. The molecule has 0 aromatic heterocycles. The van der Waals surface area contributed by atoms with Crippen molar-refractivity contribution in [1.82, 2.24) is 0 Å². The van der Waals surface area contributed by atoms with Crippen LogP contribution in [-0.4, -0.2) is 38.6 Å². The molecule has 2 heterocycles. The molecule has 0 bridgehead atoms. The van der Waals surface area contributed by atoms with Gasteiger partial charge in [-0.15, -0.1) is 0 Å². The van der Waals surface area contributed by atoms with E-state index in [9.17, 15) is 0 Å². The number of anilines is 1. The van der Waals surface area contributed by atoms with E-state index in [0.29, 0.717) is 6.04 Å². The number of nitrogens with one attached hydrogen (secondary N) is 1. The van der Waals surface area contributed by atoms with Crippen LogP contribution in [0.2, 0.25) is 0 Å². The van der Waals surface area contributed by atoms with Gasteiger partial charge in [0.1, 0.15) is 5.75 Å². The van der Waals surface area contributed by atoms with E-state index in [1.807, 2.05) is 12.1 Å². The van der Waals surface area contributed by atoms with Crippen LogP contribution in [0.4, 0.5) is 5.69 Å². The summed E-state index contributed by atoms with van der Waals surface area (Å²) in [6, 6.07) is 6.49. The van der Waals surface area contributed by atoms with Crippen molar-refractivity contribution in [3.63, 3.8) is 0 Å². The SMILES string of the molecule is COc1cc(Br)cc(NC2CCOC3(CCOC3)C2)c1. The molecule has 4 nitrogen and oxygen atoms in total. The van der Waals surface area contributed by atoms with Gasteiger partial charge in [0, 0.05) is 41.9 Å². The molecule has 0 saturated carbocycles. The zero-order valence-corrected chi connectivity index (χ0v) is 13.2. The average Bonchev–Trinajstić information content (AvgIpc) is 2.86. The lowest BCUT2D eigenvalue weighted by Crippen LogP contribution is -2.44. The Bertz CT molecular complexity index is 474. The lowest BCUT2D eigenvalue weighted by atomic mass is 9.89. The van der Waals surface area contributed by atoms with Gasteiger partial charge in [0.25, 0.3) is 0 Å². The lowest BCUT2D eigenvalue weighted by molar-refractivity contribution is -0.0828. The molecular formula is C15H20BrNO3. The van der Waals surface area contributed by atoms with Crippen molar-refractivity contribution in [3.8, 4) is 5.75 Å². The molecule has 2 aliphatic heterocycles.